The van der Waals surface area contributed by atoms with E-state index < -0.39 is 0 Å². The van der Waals surface area contributed by atoms with Crippen molar-refractivity contribution in [3.63, 3.8) is 0 Å². The van der Waals surface area contributed by atoms with Gasteiger partial charge in [0, 0.05) is 38.8 Å². The first-order chi connectivity index (χ1) is 13.8. The van der Waals surface area contributed by atoms with Crippen LogP contribution in [0.15, 0.2) is 40.8 Å². The quantitative estimate of drug-likeness (QED) is 0.825. The molecule has 0 radical (unpaired) electrons. The normalized spacial score (nSPS) is 21.8. The van der Waals surface area contributed by atoms with Gasteiger partial charge in [0.25, 0.3) is 0 Å². The maximum Gasteiger partial charge on any atom is 0.142 e. The number of piperidine rings is 1. The summed E-state index contributed by atoms with van der Waals surface area (Å²) in [5, 5.41) is 9.18. The van der Waals surface area contributed by atoms with E-state index in [9.17, 15) is 5.11 Å². The first kappa shape index (κ1) is 19.3. The lowest BCUT2D eigenvalue weighted by Crippen LogP contribution is -2.55. The summed E-state index contributed by atoms with van der Waals surface area (Å²) in [6.07, 6.45) is 2.50. The van der Waals surface area contributed by atoms with Crippen molar-refractivity contribution in [2.45, 2.75) is 32.0 Å². The van der Waals surface area contributed by atoms with Gasteiger partial charge in [-0.15, -0.1) is 0 Å². The lowest BCUT2D eigenvalue weighted by atomic mass is 10.0. The van der Waals surface area contributed by atoms with Gasteiger partial charge in [-0.2, -0.15) is 0 Å². The Morgan fingerprint density at radius 2 is 1.82 bits per heavy atom. The molecule has 6 nitrogen and oxygen atoms in total. The first-order valence-electron chi connectivity index (χ1n) is 10.3. The maximum absolute atomic E-state index is 9.18. The fourth-order valence-electron chi connectivity index (χ4n) is 4.50. The van der Waals surface area contributed by atoms with Crippen molar-refractivity contribution in [2.75, 3.05) is 51.3 Å². The smallest absolute Gasteiger partial charge is 0.142 e. The van der Waals surface area contributed by atoms with E-state index in [0.29, 0.717) is 11.8 Å². The number of hydrogen-bond acceptors (Lipinski definition) is 6. The number of likely N-dealkylation sites (tertiary alicyclic amines) is 1. The van der Waals surface area contributed by atoms with Gasteiger partial charge in [-0.1, -0.05) is 12.1 Å². The molecule has 0 bridgehead atoms. The number of nitrogens with zero attached hydrogens (tertiary/aromatic N) is 3. The Morgan fingerprint density at radius 3 is 2.57 bits per heavy atom. The third kappa shape index (κ3) is 4.35. The zero-order valence-corrected chi connectivity index (χ0v) is 16.7. The van der Waals surface area contributed by atoms with Gasteiger partial charge in [-0.25, -0.2) is 0 Å². The molecule has 2 aromatic rings. The van der Waals surface area contributed by atoms with E-state index in [1.165, 1.54) is 18.5 Å². The Balaban J connectivity index is 1.31. The molecule has 28 heavy (non-hydrogen) atoms. The number of aliphatic hydroxyl groups is 1. The second kappa shape index (κ2) is 8.99. The number of rotatable bonds is 6. The largest absolute Gasteiger partial charge is 0.495 e. The van der Waals surface area contributed by atoms with Crippen molar-refractivity contribution in [3.05, 3.63) is 47.9 Å². The minimum absolute atomic E-state index is 0.0287. The minimum atomic E-state index is -0.0287. The highest BCUT2D eigenvalue weighted by Crippen LogP contribution is 2.29. The van der Waals surface area contributed by atoms with Crippen molar-refractivity contribution in [3.8, 4) is 5.75 Å². The van der Waals surface area contributed by atoms with Crippen LogP contribution in [-0.2, 0) is 13.2 Å². The molecular weight excluding hydrogens is 354 g/mol. The molecule has 0 aliphatic carbocycles. The predicted octanol–water partition coefficient (Wildman–Crippen LogP) is 2.57. The van der Waals surface area contributed by atoms with Crippen LogP contribution in [0.1, 0.15) is 24.4 Å². The molecule has 0 amide bonds. The highest BCUT2D eigenvalue weighted by atomic mass is 16.5. The summed E-state index contributed by atoms with van der Waals surface area (Å²) in [7, 11) is 1.74. The average molecular weight is 386 g/mol. The van der Waals surface area contributed by atoms with Gasteiger partial charge in [-0.05, 0) is 43.7 Å². The molecule has 4 rings (SSSR count). The standard InChI is InChI=1S/C22H31N3O3/c1-27-22-7-3-2-6-21(22)25-13-11-24(12-14-25)18-5-4-10-23(15-18)16-19-8-9-20(17-26)28-19/h2-3,6-9,18,26H,4-5,10-17H2,1H3. The van der Waals surface area contributed by atoms with Gasteiger partial charge >= 0.3 is 0 Å². The van der Waals surface area contributed by atoms with E-state index in [-0.39, 0.29) is 6.61 Å². The van der Waals surface area contributed by atoms with E-state index in [4.69, 9.17) is 9.15 Å². The second-order valence-electron chi connectivity index (χ2n) is 7.75. The molecule has 2 aliphatic rings. The second-order valence-corrected chi connectivity index (χ2v) is 7.75. The molecule has 1 atom stereocenters. The third-order valence-corrected chi connectivity index (χ3v) is 5.99. The Hall–Kier alpha value is -2.02. The fraction of sp³-hybridized carbons (Fsp3) is 0.545. The lowest BCUT2D eigenvalue weighted by molar-refractivity contribution is 0.0842. The SMILES string of the molecule is COc1ccccc1N1CCN(C2CCCN(Cc3ccc(CO)o3)C2)CC1. The van der Waals surface area contributed by atoms with E-state index in [1.807, 2.05) is 24.3 Å². The molecular formula is C22H31N3O3. The Labute approximate surface area is 167 Å². The number of furan rings is 1. The maximum atomic E-state index is 9.18. The van der Waals surface area contributed by atoms with Crippen molar-refractivity contribution < 1.29 is 14.3 Å². The van der Waals surface area contributed by atoms with Gasteiger partial charge in [0.2, 0.25) is 0 Å². The number of aliphatic hydroxyl groups excluding tert-OH is 1. The van der Waals surface area contributed by atoms with Gasteiger partial charge < -0.3 is 19.2 Å². The zero-order chi connectivity index (χ0) is 19.3. The van der Waals surface area contributed by atoms with E-state index in [2.05, 4.69) is 26.8 Å². The van der Waals surface area contributed by atoms with E-state index in [0.717, 1.165) is 57.3 Å². The number of methoxy groups -OCH3 is 1. The Kier molecular flexibility index (Phi) is 6.20. The molecule has 2 aliphatic heterocycles. The Bertz CT molecular complexity index is 755. The molecule has 152 valence electrons. The summed E-state index contributed by atoms with van der Waals surface area (Å²) in [4.78, 5) is 7.58. The van der Waals surface area contributed by atoms with Crippen LogP contribution in [0.5, 0.6) is 5.75 Å². The zero-order valence-electron chi connectivity index (χ0n) is 16.7. The minimum Gasteiger partial charge on any atom is -0.495 e. The van der Waals surface area contributed by atoms with Crippen LogP contribution in [0.25, 0.3) is 0 Å². The summed E-state index contributed by atoms with van der Waals surface area (Å²) in [6, 6.07) is 12.8. The monoisotopic (exact) mass is 385 g/mol. The number of benzene rings is 1. The van der Waals surface area contributed by atoms with Crippen LogP contribution in [0.3, 0.4) is 0 Å². The molecule has 1 N–H and O–H groups in total. The van der Waals surface area contributed by atoms with Crippen LogP contribution < -0.4 is 9.64 Å². The van der Waals surface area contributed by atoms with E-state index in [1.54, 1.807) is 7.11 Å². The van der Waals surface area contributed by atoms with Crippen LogP contribution in [0, 0.1) is 0 Å². The van der Waals surface area contributed by atoms with Crippen molar-refractivity contribution in [2.24, 2.45) is 0 Å². The average Bonchev–Trinajstić information content (AvgIpc) is 3.21. The highest BCUT2D eigenvalue weighted by molar-refractivity contribution is 5.58. The molecule has 2 saturated heterocycles. The number of hydrogen-bond donors (Lipinski definition) is 1. The number of ether oxygens (including phenoxy) is 1. The molecule has 2 fully saturated rings. The van der Waals surface area contributed by atoms with Gasteiger partial charge in [0.15, 0.2) is 0 Å². The molecule has 6 heteroatoms. The topological polar surface area (TPSA) is 52.3 Å². The van der Waals surface area contributed by atoms with Gasteiger partial charge in [-0.3, -0.25) is 9.80 Å². The molecule has 3 heterocycles. The third-order valence-electron chi connectivity index (χ3n) is 5.99. The summed E-state index contributed by atoms with van der Waals surface area (Å²) in [6.45, 7) is 7.26. The Morgan fingerprint density at radius 1 is 1.04 bits per heavy atom. The predicted molar refractivity (Wildman–Crippen MR) is 110 cm³/mol. The van der Waals surface area contributed by atoms with Crippen molar-refractivity contribution in [1.29, 1.82) is 0 Å². The highest BCUT2D eigenvalue weighted by Gasteiger charge is 2.29. The summed E-state index contributed by atoms with van der Waals surface area (Å²) >= 11 is 0. The first-order valence-corrected chi connectivity index (χ1v) is 10.3. The molecule has 0 spiro atoms. The number of piperazine rings is 1. The molecule has 1 unspecified atom stereocenters. The fourth-order valence-corrected chi connectivity index (χ4v) is 4.50. The van der Waals surface area contributed by atoms with Crippen LogP contribution in [-0.4, -0.2) is 67.3 Å². The summed E-state index contributed by atoms with van der Waals surface area (Å²) in [5.74, 6) is 2.56. The van der Waals surface area contributed by atoms with Crippen LogP contribution in [0.4, 0.5) is 5.69 Å². The van der Waals surface area contributed by atoms with E-state index >= 15 is 0 Å². The van der Waals surface area contributed by atoms with Crippen LogP contribution in [0.2, 0.25) is 0 Å². The lowest BCUT2D eigenvalue weighted by Gasteiger charge is -2.44. The molecule has 0 saturated carbocycles. The molecule has 1 aromatic heterocycles. The van der Waals surface area contributed by atoms with Crippen LogP contribution >= 0.6 is 0 Å². The number of anilines is 1. The summed E-state index contributed by atoms with van der Waals surface area (Å²) in [5.41, 5.74) is 1.20. The molecule has 1 aromatic carbocycles. The van der Waals surface area contributed by atoms with Gasteiger partial charge in [0.1, 0.15) is 23.9 Å². The van der Waals surface area contributed by atoms with Crippen molar-refractivity contribution in [1.82, 2.24) is 9.80 Å². The van der Waals surface area contributed by atoms with Crippen molar-refractivity contribution >= 4 is 5.69 Å². The van der Waals surface area contributed by atoms with Gasteiger partial charge in [0.05, 0.1) is 19.3 Å². The number of para-hydroxylation sites is 2. The summed E-state index contributed by atoms with van der Waals surface area (Å²) < 4.78 is 11.2.